The molecule has 2 atom stereocenters. The van der Waals surface area contributed by atoms with E-state index in [2.05, 4.69) is 33.0 Å². The van der Waals surface area contributed by atoms with Gasteiger partial charge in [-0.25, -0.2) is 0 Å². The lowest BCUT2D eigenvalue weighted by Crippen LogP contribution is -2.41. The molecular formula is C16H19BrN2. The van der Waals surface area contributed by atoms with Crippen molar-refractivity contribution in [2.45, 2.75) is 32.1 Å². The summed E-state index contributed by atoms with van der Waals surface area (Å²) in [6, 6.07) is 8.30. The number of rotatable bonds is 1. The highest BCUT2D eigenvalue weighted by Crippen LogP contribution is 2.38. The average molecular weight is 319 g/mol. The van der Waals surface area contributed by atoms with E-state index in [4.69, 9.17) is 5.26 Å². The molecule has 0 spiro atoms. The fourth-order valence-corrected chi connectivity index (χ4v) is 4.14. The molecule has 1 saturated heterocycles. The molecule has 0 bridgehead atoms. The Bertz CT molecular complexity index is 506. The summed E-state index contributed by atoms with van der Waals surface area (Å²) in [6.45, 7) is 2.31. The first kappa shape index (κ1) is 13.0. The van der Waals surface area contributed by atoms with E-state index in [0.29, 0.717) is 0 Å². The molecule has 19 heavy (non-hydrogen) atoms. The molecule has 1 aliphatic heterocycles. The van der Waals surface area contributed by atoms with Crippen molar-refractivity contribution in [1.29, 1.82) is 5.26 Å². The Kier molecular flexibility index (Phi) is 3.79. The molecule has 1 aromatic rings. The Labute approximate surface area is 123 Å². The topological polar surface area (TPSA) is 27.0 Å². The van der Waals surface area contributed by atoms with Crippen LogP contribution in [0.1, 0.15) is 37.7 Å². The zero-order chi connectivity index (χ0) is 13.2. The van der Waals surface area contributed by atoms with Crippen molar-refractivity contribution in [2.24, 2.45) is 11.8 Å². The summed E-state index contributed by atoms with van der Waals surface area (Å²) >= 11 is 3.51. The van der Waals surface area contributed by atoms with Crippen LogP contribution in [-0.2, 0) is 0 Å². The highest BCUT2D eigenvalue weighted by molar-refractivity contribution is 9.10. The van der Waals surface area contributed by atoms with Crippen molar-refractivity contribution in [3.8, 4) is 6.07 Å². The lowest BCUT2D eigenvalue weighted by Gasteiger charge is -2.42. The third-order valence-electron chi connectivity index (χ3n) is 4.67. The molecule has 1 aromatic carbocycles. The largest absolute Gasteiger partial charge is 0.371 e. The van der Waals surface area contributed by atoms with E-state index in [1.807, 2.05) is 12.1 Å². The molecule has 1 aliphatic carbocycles. The Morgan fingerprint density at radius 2 is 1.89 bits per heavy atom. The highest BCUT2D eigenvalue weighted by atomic mass is 79.9. The van der Waals surface area contributed by atoms with Gasteiger partial charge >= 0.3 is 0 Å². The molecule has 2 aliphatic rings. The first-order valence-corrected chi connectivity index (χ1v) is 8.01. The van der Waals surface area contributed by atoms with Gasteiger partial charge in [-0.15, -0.1) is 0 Å². The van der Waals surface area contributed by atoms with Crippen LogP contribution in [-0.4, -0.2) is 13.1 Å². The number of hydrogen-bond acceptors (Lipinski definition) is 2. The molecule has 1 heterocycles. The van der Waals surface area contributed by atoms with Crippen LogP contribution in [0.4, 0.5) is 5.69 Å². The predicted molar refractivity (Wildman–Crippen MR) is 81.1 cm³/mol. The van der Waals surface area contributed by atoms with Crippen LogP contribution in [0.5, 0.6) is 0 Å². The third-order valence-corrected chi connectivity index (χ3v) is 5.13. The smallest absolute Gasteiger partial charge is 0.0992 e. The molecule has 3 rings (SSSR count). The predicted octanol–water partition coefficient (Wildman–Crippen LogP) is 4.34. The molecule has 0 radical (unpaired) electrons. The van der Waals surface area contributed by atoms with E-state index in [9.17, 15) is 0 Å². The summed E-state index contributed by atoms with van der Waals surface area (Å²) in [4.78, 5) is 2.47. The number of nitrogens with zero attached hydrogens (tertiary/aromatic N) is 2. The number of halogens is 1. The molecule has 0 aromatic heterocycles. The van der Waals surface area contributed by atoms with E-state index in [0.717, 1.165) is 28.4 Å². The summed E-state index contributed by atoms with van der Waals surface area (Å²) in [5.41, 5.74) is 1.95. The fourth-order valence-electron chi connectivity index (χ4n) is 3.66. The third kappa shape index (κ3) is 2.79. The normalized spacial score (nSPS) is 26.6. The minimum absolute atomic E-state index is 0.746. The second-order valence-corrected chi connectivity index (χ2v) is 6.76. The van der Waals surface area contributed by atoms with Crippen LogP contribution in [0.2, 0.25) is 0 Å². The first-order valence-electron chi connectivity index (χ1n) is 7.22. The summed E-state index contributed by atoms with van der Waals surface area (Å²) in [7, 11) is 0. The van der Waals surface area contributed by atoms with E-state index in [1.54, 1.807) is 0 Å². The Balaban J connectivity index is 1.79. The molecule has 0 N–H and O–H groups in total. The van der Waals surface area contributed by atoms with E-state index in [1.165, 1.54) is 44.3 Å². The zero-order valence-electron chi connectivity index (χ0n) is 11.1. The van der Waals surface area contributed by atoms with Gasteiger partial charge in [-0.3, -0.25) is 0 Å². The second kappa shape index (κ2) is 5.54. The van der Waals surface area contributed by atoms with E-state index >= 15 is 0 Å². The molecule has 2 unspecified atom stereocenters. The van der Waals surface area contributed by atoms with Crippen LogP contribution in [0.15, 0.2) is 22.7 Å². The first-order chi connectivity index (χ1) is 9.26. The van der Waals surface area contributed by atoms with Gasteiger partial charge in [0.2, 0.25) is 0 Å². The molecule has 2 nitrogen and oxygen atoms in total. The minimum atomic E-state index is 0.746. The maximum atomic E-state index is 9.08. The molecule has 100 valence electrons. The molecule has 3 heteroatoms. The summed E-state index contributed by atoms with van der Waals surface area (Å²) < 4.78 is 1.01. The van der Waals surface area contributed by atoms with E-state index < -0.39 is 0 Å². The van der Waals surface area contributed by atoms with Gasteiger partial charge in [0.25, 0.3) is 0 Å². The molecular weight excluding hydrogens is 300 g/mol. The average Bonchev–Trinajstić information content (AvgIpc) is 2.46. The van der Waals surface area contributed by atoms with Crippen LogP contribution in [0.3, 0.4) is 0 Å². The lowest BCUT2D eigenvalue weighted by molar-refractivity contribution is 0.202. The maximum absolute atomic E-state index is 9.08. The van der Waals surface area contributed by atoms with Crippen LogP contribution in [0, 0.1) is 23.2 Å². The zero-order valence-corrected chi connectivity index (χ0v) is 12.7. The Morgan fingerprint density at radius 1 is 1.11 bits per heavy atom. The van der Waals surface area contributed by atoms with Crippen molar-refractivity contribution in [3.05, 3.63) is 28.2 Å². The second-order valence-electron chi connectivity index (χ2n) is 5.85. The van der Waals surface area contributed by atoms with Gasteiger partial charge in [0.15, 0.2) is 0 Å². The number of fused-ring (bicyclic) bond motifs is 1. The van der Waals surface area contributed by atoms with E-state index in [-0.39, 0.29) is 0 Å². The van der Waals surface area contributed by atoms with Gasteiger partial charge in [-0.2, -0.15) is 5.26 Å². The van der Waals surface area contributed by atoms with Crippen molar-refractivity contribution in [1.82, 2.24) is 0 Å². The Morgan fingerprint density at radius 3 is 2.68 bits per heavy atom. The van der Waals surface area contributed by atoms with Crippen molar-refractivity contribution < 1.29 is 0 Å². The fraction of sp³-hybridized carbons (Fsp3) is 0.562. The van der Waals surface area contributed by atoms with Crippen molar-refractivity contribution >= 4 is 21.6 Å². The Hall–Kier alpha value is -1.01. The van der Waals surface area contributed by atoms with Crippen LogP contribution in [0.25, 0.3) is 0 Å². The van der Waals surface area contributed by atoms with Gasteiger partial charge in [0, 0.05) is 23.2 Å². The standard InChI is InChI=1S/C16H19BrN2/c17-15-7-12(10-18)8-16(9-15)19-6-5-13-3-1-2-4-14(13)11-19/h7-9,13-14H,1-6,11H2. The number of nitriles is 1. The number of benzene rings is 1. The number of anilines is 1. The quantitative estimate of drug-likeness (QED) is 0.770. The SMILES string of the molecule is N#Cc1cc(Br)cc(N2CCC3CCCCC3C2)c1. The number of piperidine rings is 1. The van der Waals surface area contributed by atoms with Gasteiger partial charge in [-0.05, 0) is 42.9 Å². The monoisotopic (exact) mass is 318 g/mol. The van der Waals surface area contributed by atoms with Crippen molar-refractivity contribution in [3.63, 3.8) is 0 Å². The summed E-state index contributed by atoms with van der Waals surface area (Å²) in [6.07, 6.45) is 6.97. The van der Waals surface area contributed by atoms with Crippen LogP contribution < -0.4 is 4.90 Å². The van der Waals surface area contributed by atoms with Crippen molar-refractivity contribution in [2.75, 3.05) is 18.0 Å². The minimum Gasteiger partial charge on any atom is -0.371 e. The van der Waals surface area contributed by atoms with Gasteiger partial charge in [-0.1, -0.05) is 35.2 Å². The van der Waals surface area contributed by atoms with Gasteiger partial charge in [0.1, 0.15) is 0 Å². The lowest BCUT2D eigenvalue weighted by atomic mass is 9.75. The maximum Gasteiger partial charge on any atom is 0.0992 e. The van der Waals surface area contributed by atoms with Gasteiger partial charge < -0.3 is 4.90 Å². The highest BCUT2D eigenvalue weighted by Gasteiger charge is 2.31. The number of hydrogen-bond donors (Lipinski definition) is 0. The van der Waals surface area contributed by atoms with Crippen LogP contribution >= 0.6 is 15.9 Å². The molecule has 2 fully saturated rings. The molecule has 1 saturated carbocycles. The van der Waals surface area contributed by atoms with Gasteiger partial charge in [0.05, 0.1) is 11.6 Å². The molecule has 0 amide bonds. The summed E-state index contributed by atoms with van der Waals surface area (Å²) in [5.74, 6) is 1.82. The summed E-state index contributed by atoms with van der Waals surface area (Å²) in [5, 5.41) is 9.08.